The van der Waals surface area contributed by atoms with Gasteiger partial charge in [0.1, 0.15) is 0 Å². The fourth-order valence-electron chi connectivity index (χ4n) is 0.889. The van der Waals surface area contributed by atoms with Gasteiger partial charge >= 0.3 is 0 Å². The molecule has 0 fully saturated rings. The maximum absolute atomic E-state index is 13.1. The number of rotatable bonds is 1. The predicted molar refractivity (Wildman–Crippen MR) is 51.8 cm³/mol. The topological polar surface area (TPSA) is 17.1 Å². The summed E-state index contributed by atoms with van der Waals surface area (Å²) >= 11 is 5.80. The Morgan fingerprint density at radius 1 is 1.23 bits per heavy atom. The third kappa shape index (κ3) is 1.96. The van der Waals surface area contributed by atoms with E-state index in [-0.39, 0.29) is 14.5 Å². The lowest BCUT2D eigenvalue weighted by Gasteiger charge is -2.04. The lowest BCUT2D eigenvalue weighted by atomic mass is 10.1. The number of ketones is 1. The van der Waals surface area contributed by atoms with Crippen LogP contribution in [0.1, 0.15) is 17.3 Å². The number of halogens is 4. The van der Waals surface area contributed by atoms with Gasteiger partial charge in [0.15, 0.2) is 17.4 Å². The summed E-state index contributed by atoms with van der Waals surface area (Å²) in [5, 5.41) is 0. The highest BCUT2D eigenvalue weighted by molar-refractivity contribution is 9.11. The Balaban J connectivity index is 3.53. The second kappa shape index (κ2) is 3.84. The van der Waals surface area contributed by atoms with Crippen LogP contribution in [-0.4, -0.2) is 5.78 Å². The van der Waals surface area contributed by atoms with Crippen molar-refractivity contribution in [3.05, 3.63) is 32.2 Å². The molecule has 70 valence electrons. The van der Waals surface area contributed by atoms with Gasteiger partial charge in [0, 0.05) is 4.47 Å². The summed E-state index contributed by atoms with van der Waals surface area (Å²) in [5.41, 5.74) is -0.263. The molecule has 0 aliphatic heterocycles. The second-order valence-electron chi connectivity index (χ2n) is 2.40. The highest BCUT2D eigenvalue weighted by Crippen LogP contribution is 2.28. The number of hydrogen-bond acceptors (Lipinski definition) is 1. The molecule has 0 radical (unpaired) electrons. The van der Waals surface area contributed by atoms with Gasteiger partial charge in [-0.3, -0.25) is 4.79 Å². The second-order valence-corrected chi connectivity index (χ2v) is 4.11. The third-order valence-electron chi connectivity index (χ3n) is 1.47. The van der Waals surface area contributed by atoms with Gasteiger partial charge in [-0.2, -0.15) is 0 Å². The van der Waals surface area contributed by atoms with Gasteiger partial charge in [-0.25, -0.2) is 8.78 Å². The fourth-order valence-corrected chi connectivity index (χ4v) is 2.28. The van der Waals surface area contributed by atoms with Crippen LogP contribution in [-0.2, 0) is 0 Å². The monoisotopic (exact) mass is 312 g/mol. The van der Waals surface area contributed by atoms with E-state index in [0.29, 0.717) is 0 Å². The minimum absolute atomic E-state index is 0.0122. The van der Waals surface area contributed by atoms with Crippen LogP contribution in [0.25, 0.3) is 0 Å². The van der Waals surface area contributed by atoms with Crippen LogP contribution in [0.4, 0.5) is 8.78 Å². The number of Topliss-reactive ketones (excluding diaryl/α,β-unsaturated/α-hetero) is 1. The number of carbonyl (C=O) groups is 1. The molecular formula is C8H4Br2F2O. The first kappa shape index (κ1) is 10.8. The standard InChI is InChI=1S/C8H4Br2F2O/c1-3(13)6-4(9)2-5(10)7(11)8(6)12/h2H,1H3. The van der Waals surface area contributed by atoms with Crippen molar-refractivity contribution in [2.75, 3.05) is 0 Å². The molecule has 0 amide bonds. The van der Waals surface area contributed by atoms with Crippen molar-refractivity contribution in [3.8, 4) is 0 Å². The molecule has 1 aromatic carbocycles. The van der Waals surface area contributed by atoms with E-state index in [1.165, 1.54) is 13.0 Å². The zero-order valence-electron chi connectivity index (χ0n) is 6.50. The Kier molecular flexibility index (Phi) is 3.18. The molecule has 0 spiro atoms. The van der Waals surface area contributed by atoms with E-state index in [0.717, 1.165) is 0 Å². The molecule has 0 heterocycles. The molecule has 0 aliphatic carbocycles. The minimum Gasteiger partial charge on any atom is -0.294 e. The number of hydrogen-bond donors (Lipinski definition) is 0. The first-order valence-corrected chi connectivity index (χ1v) is 4.87. The molecule has 13 heavy (non-hydrogen) atoms. The first-order valence-electron chi connectivity index (χ1n) is 3.29. The van der Waals surface area contributed by atoms with Crippen molar-refractivity contribution < 1.29 is 13.6 Å². The van der Waals surface area contributed by atoms with E-state index in [9.17, 15) is 13.6 Å². The Hall–Kier alpha value is -0.290. The Labute approximate surface area is 90.4 Å². The van der Waals surface area contributed by atoms with E-state index in [4.69, 9.17) is 0 Å². The SMILES string of the molecule is CC(=O)c1c(Br)cc(Br)c(F)c1F. The van der Waals surface area contributed by atoms with Crippen LogP contribution < -0.4 is 0 Å². The highest BCUT2D eigenvalue weighted by atomic mass is 79.9. The van der Waals surface area contributed by atoms with E-state index in [2.05, 4.69) is 31.9 Å². The van der Waals surface area contributed by atoms with Gasteiger partial charge < -0.3 is 0 Å². The third-order valence-corrected chi connectivity index (χ3v) is 2.67. The average Bonchev–Trinajstić information content (AvgIpc) is 1.99. The van der Waals surface area contributed by atoms with E-state index < -0.39 is 17.4 Å². The van der Waals surface area contributed by atoms with Crippen LogP contribution in [0.15, 0.2) is 15.0 Å². The molecule has 5 heteroatoms. The van der Waals surface area contributed by atoms with Crippen LogP contribution in [0.2, 0.25) is 0 Å². The Morgan fingerprint density at radius 2 is 1.77 bits per heavy atom. The molecule has 1 nitrogen and oxygen atoms in total. The Morgan fingerprint density at radius 3 is 2.23 bits per heavy atom. The molecule has 1 rings (SSSR count). The van der Waals surface area contributed by atoms with Crippen LogP contribution in [0.5, 0.6) is 0 Å². The van der Waals surface area contributed by atoms with Crippen molar-refractivity contribution in [1.82, 2.24) is 0 Å². The molecular weight excluding hydrogens is 310 g/mol. The summed E-state index contributed by atoms with van der Waals surface area (Å²) < 4.78 is 26.3. The van der Waals surface area contributed by atoms with Gasteiger partial charge in [0.05, 0.1) is 10.0 Å². The zero-order valence-corrected chi connectivity index (χ0v) is 9.67. The number of carbonyl (C=O) groups excluding carboxylic acids is 1. The molecule has 0 aromatic heterocycles. The highest BCUT2D eigenvalue weighted by Gasteiger charge is 2.18. The van der Waals surface area contributed by atoms with Gasteiger partial charge in [-0.15, -0.1) is 0 Å². The largest absolute Gasteiger partial charge is 0.294 e. The van der Waals surface area contributed by atoms with E-state index in [1.54, 1.807) is 0 Å². The van der Waals surface area contributed by atoms with E-state index >= 15 is 0 Å². The predicted octanol–water partition coefficient (Wildman–Crippen LogP) is 3.69. The molecule has 1 aromatic rings. The van der Waals surface area contributed by atoms with Gasteiger partial charge in [-0.05, 0) is 44.8 Å². The minimum atomic E-state index is -1.13. The summed E-state index contributed by atoms with van der Waals surface area (Å²) in [6.07, 6.45) is 0. The van der Waals surface area contributed by atoms with Crippen molar-refractivity contribution in [2.45, 2.75) is 6.92 Å². The quantitative estimate of drug-likeness (QED) is 0.439. The maximum Gasteiger partial charge on any atom is 0.173 e. The first-order chi connectivity index (χ1) is 5.95. The summed E-state index contributed by atoms with van der Waals surface area (Å²) in [4.78, 5) is 10.9. The van der Waals surface area contributed by atoms with Gasteiger partial charge in [0.25, 0.3) is 0 Å². The van der Waals surface area contributed by atoms with Crippen molar-refractivity contribution in [2.24, 2.45) is 0 Å². The lowest BCUT2D eigenvalue weighted by molar-refractivity contribution is 0.101. The summed E-state index contributed by atoms with van der Waals surface area (Å²) in [5.74, 6) is -2.70. The molecule has 0 aliphatic rings. The maximum atomic E-state index is 13.1. The van der Waals surface area contributed by atoms with Crippen LogP contribution in [0, 0.1) is 11.6 Å². The average molecular weight is 314 g/mol. The van der Waals surface area contributed by atoms with Crippen LogP contribution in [0.3, 0.4) is 0 Å². The van der Waals surface area contributed by atoms with Crippen molar-refractivity contribution in [1.29, 1.82) is 0 Å². The van der Waals surface area contributed by atoms with E-state index in [1.807, 2.05) is 0 Å². The summed E-state index contributed by atoms with van der Waals surface area (Å²) in [7, 11) is 0. The molecule has 0 N–H and O–H groups in total. The van der Waals surface area contributed by atoms with Gasteiger partial charge in [0.2, 0.25) is 0 Å². The molecule has 0 saturated heterocycles. The van der Waals surface area contributed by atoms with Crippen molar-refractivity contribution in [3.63, 3.8) is 0 Å². The van der Waals surface area contributed by atoms with Gasteiger partial charge in [-0.1, -0.05) is 0 Å². The molecule has 0 unspecified atom stereocenters. The lowest BCUT2D eigenvalue weighted by Crippen LogP contribution is -2.02. The molecule has 0 atom stereocenters. The summed E-state index contributed by atoms with van der Waals surface area (Å²) in [6.45, 7) is 1.18. The molecule has 0 saturated carbocycles. The normalized spacial score (nSPS) is 10.2. The smallest absolute Gasteiger partial charge is 0.173 e. The Bertz CT molecular complexity index is 377. The number of benzene rings is 1. The van der Waals surface area contributed by atoms with Crippen molar-refractivity contribution >= 4 is 37.6 Å². The zero-order chi connectivity index (χ0) is 10.2. The fraction of sp³-hybridized carbons (Fsp3) is 0.125. The summed E-state index contributed by atoms with van der Waals surface area (Å²) in [6, 6.07) is 1.30. The molecule has 0 bridgehead atoms. The van der Waals surface area contributed by atoms with Crippen LogP contribution >= 0.6 is 31.9 Å².